The third kappa shape index (κ3) is 3.69. The third-order valence-corrected chi connectivity index (χ3v) is 5.66. The summed E-state index contributed by atoms with van der Waals surface area (Å²) in [6.07, 6.45) is 3.23. The molecule has 1 aromatic carbocycles. The van der Waals surface area contributed by atoms with Gasteiger partial charge in [-0.15, -0.1) is 5.10 Å². The number of hydrogen-bond acceptors (Lipinski definition) is 5. The Morgan fingerprint density at radius 1 is 1.19 bits per heavy atom. The monoisotopic (exact) mass is 393 g/mol. The number of aromatic nitrogens is 4. The highest BCUT2D eigenvalue weighted by Gasteiger charge is 2.17. The van der Waals surface area contributed by atoms with E-state index < -0.39 is 10.0 Å². The lowest BCUT2D eigenvalue weighted by Gasteiger charge is -2.07. The van der Waals surface area contributed by atoms with Crippen LogP contribution in [0.3, 0.4) is 0 Å². The van der Waals surface area contributed by atoms with Gasteiger partial charge in [0.2, 0.25) is 10.0 Å². The van der Waals surface area contributed by atoms with E-state index >= 15 is 0 Å². The molecule has 3 aromatic rings. The second-order valence-electron chi connectivity index (χ2n) is 5.46. The van der Waals surface area contributed by atoms with Crippen LogP contribution in [0.25, 0.3) is 11.4 Å². The maximum absolute atomic E-state index is 12.3. The molecule has 0 spiro atoms. The number of benzene rings is 1. The van der Waals surface area contributed by atoms with E-state index in [0.29, 0.717) is 11.4 Å². The summed E-state index contributed by atoms with van der Waals surface area (Å²) >= 11 is 5.93. The zero-order chi connectivity index (χ0) is 18.7. The molecule has 0 aliphatic heterocycles. The highest BCUT2D eigenvalue weighted by Crippen LogP contribution is 2.19. The lowest BCUT2D eigenvalue weighted by molar-refractivity contribution is 0.551. The molecule has 0 bridgehead atoms. The molecule has 3 rings (SSSR count). The van der Waals surface area contributed by atoms with Crippen LogP contribution in [0, 0.1) is 0 Å². The van der Waals surface area contributed by atoms with E-state index in [1.54, 1.807) is 43.7 Å². The summed E-state index contributed by atoms with van der Waals surface area (Å²) < 4.78 is 29.6. The number of rotatable bonds is 6. The molecule has 0 aliphatic carbocycles. The first kappa shape index (κ1) is 18.3. The Morgan fingerprint density at radius 2 is 1.96 bits per heavy atom. The van der Waals surface area contributed by atoms with E-state index in [2.05, 4.69) is 14.8 Å². The molecule has 0 atom stereocenters. The van der Waals surface area contributed by atoms with Gasteiger partial charge in [-0.2, -0.15) is 0 Å². The Kier molecular flexibility index (Phi) is 5.21. The first-order chi connectivity index (χ1) is 12.4. The van der Waals surface area contributed by atoms with Gasteiger partial charge in [0.05, 0.1) is 11.6 Å². The molecule has 0 fully saturated rings. The molecule has 0 saturated carbocycles. The summed E-state index contributed by atoms with van der Waals surface area (Å²) in [5, 5.41) is 4.39. The fraction of sp³-hybridized carbons (Fsp3) is 0.188. The van der Waals surface area contributed by atoms with E-state index in [4.69, 9.17) is 11.6 Å². The van der Waals surface area contributed by atoms with Crippen LogP contribution in [0.5, 0.6) is 0 Å². The summed E-state index contributed by atoms with van der Waals surface area (Å²) in [6, 6.07) is 9.69. The van der Waals surface area contributed by atoms with Gasteiger partial charge in [-0.3, -0.25) is 9.55 Å². The molecule has 8 nitrogen and oxygen atoms in total. The van der Waals surface area contributed by atoms with Crippen LogP contribution in [-0.4, -0.2) is 34.3 Å². The van der Waals surface area contributed by atoms with Gasteiger partial charge >= 0.3 is 5.69 Å². The molecule has 0 saturated heterocycles. The largest absolute Gasteiger partial charge is 0.345 e. The van der Waals surface area contributed by atoms with Gasteiger partial charge in [0.25, 0.3) is 0 Å². The van der Waals surface area contributed by atoms with Crippen molar-refractivity contribution in [2.45, 2.75) is 11.4 Å². The standard InChI is InChI=1S/C16H16ClN5O3S/c1-21-15(12-5-4-8-18-11-12)20-22(16(21)23)10-9-19-26(24,25)14-7-3-2-6-13(14)17/h2-8,11,19H,9-10H2,1H3. The minimum absolute atomic E-state index is 0.00302. The number of sulfonamides is 1. The lowest BCUT2D eigenvalue weighted by Crippen LogP contribution is -2.31. The highest BCUT2D eigenvalue weighted by atomic mass is 35.5. The first-order valence-corrected chi connectivity index (χ1v) is 9.55. The normalized spacial score (nSPS) is 11.6. The van der Waals surface area contributed by atoms with E-state index in [-0.39, 0.29) is 28.7 Å². The first-order valence-electron chi connectivity index (χ1n) is 7.68. The average Bonchev–Trinajstić information content (AvgIpc) is 2.91. The predicted octanol–water partition coefficient (Wildman–Crippen LogP) is 1.28. The van der Waals surface area contributed by atoms with Gasteiger partial charge in [-0.1, -0.05) is 23.7 Å². The summed E-state index contributed by atoms with van der Waals surface area (Å²) in [4.78, 5) is 16.3. The molecule has 2 aromatic heterocycles. The molecule has 2 heterocycles. The predicted molar refractivity (Wildman–Crippen MR) is 97.3 cm³/mol. The van der Waals surface area contributed by atoms with Gasteiger partial charge in [0.15, 0.2) is 5.82 Å². The van der Waals surface area contributed by atoms with Crippen LogP contribution in [0.4, 0.5) is 0 Å². The molecule has 1 N–H and O–H groups in total. The maximum Gasteiger partial charge on any atom is 0.345 e. The Labute approximate surface area is 155 Å². The molecular weight excluding hydrogens is 378 g/mol. The highest BCUT2D eigenvalue weighted by molar-refractivity contribution is 7.89. The summed E-state index contributed by atoms with van der Waals surface area (Å²) in [6.45, 7) is 0.0770. The van der Waals surface area contributed by atoms with Crippen molar-refractivity contribution >= 4 is 21.6 Å². The molecule has 136 valence electrons. The van der Waals surface area contributed by atoms with Crippen LogP contribution in [0.2, 0.25) is 5.02 Å². The van der Waals surface area contributed by atoms with Gasteiger partial charge in [-0.05, 0) is 24.3 Å². The summed E-state index contributed by atoms with van der Waals surface area (Å²) in [5.41, 5.74) is 0.350. The van der Waals surface area contributed by atoms with E-state index in [0.717, 1.165) is 0 Å². The van der Waals surface area contributed by atoms with Crippen LogP contribution in [0.15, 0.2) is 58.5 Å². The molecule has 0 unspecified atom stereocenters. The Hall–Kier alpha value is -2.49. The summed E-state index contributed by atoms with van der Waals surface area (Å²) in [7, 11) is -2.17. The van der Waals surface area contributed by atoms with E-state index in [9.17, 15) is 13.2 Å². The summed E-state index contributed by atoms with van der Waals surface area (Å²) in [5.74, 6) is 0.456. The van der Waals surface area contributed by atoms with Crippen molar-refractivity contribution < 1.29 is 8.42 Å². The Bertz CT molecular complexity index is 1080. The number of halogens is 1. The van der Waals surface area contributed by atoms with Gasteiger partial charge in [0, 0.05) is 31.5 Å². The van der Waals surface area contributed by atoms with Crippen molar-refractivity contribution in [2.75, 3.05) is 6.54 Å². The van der Waals surface area contributed by atoms with E-state index in [1.807, 2.05) is 0 Å². The number of pyridine rings is 1. The zero-order valence-corrected chi connectivity index (χ0v) is 15.4. The van der Waals surface area contributed by atoms with Crippen LogP contribution in [-0.2, 0) is 23.6 Å². The van der Waals surface area contributed by atoms with Crippen LogP contribution in [0.1, 0.15) is 0 Å². The lowest BCUT2D eigenvalue weighted by atomic mass is 10.3. The van der Waals surface area contributed by atoms with Crippen molar-refractivity contribution in [3.63, 3.8) is 0 Å². The maximum atomic E-state index is 12.3. The molecule has 26 heavy (non-hydrogen) atoms. The van der Waals surface area contributed by atoms with Crippen molar-refractivity contribution in [1.29, 1.82) is 0 Å². The minimum atomic E-state index is -3.77. The quantitative estimate of drug-likeness (QED) is 0.680. The van der Waals surface area contributed by atoms with Crippen molar-refractivity contribution in [1.82, 2.24) is 24.1 Å². The number of nitrogens with zero attached hydrogens (tertiary/aromatic N) is 4. The van der Waals surface area contributed by atoms with Gasteiger partial charge < -0.3 is 0 Å². The fourth-order valence-electron chi connectivity index (χ4n) is 2.41. The topological polar surface area (TPSA) is 98.9 Å². The van der Waals surface area contributed by atoms with Gasteiger partial charge in [0.1, 0.15) is 4.90 Å². The van der Waals surface area contributed by atoms with Crippen molar-refractivity contribution in [3.05, 3.63) is 64.3 Å². The second kappa shape index (κ2) is 7.40. The second-order valence-corrected chi connectivity index (χ2v) is 7.60. The smallest absolute Gasteiger partial charge is 0.278 e. The Morgan fingerprint density at radius 3 is 2.65 bits per heavy atom. The molecule has 0 amide bonds. The molecule has 0 aliphatic rings. The minimum Gasteiger partial charge on any atom is -0.278 e. The molecule has 10 heteroatoms. The number of nitrogens with one attached hydrogen (secondary N) is 1. The molecule has 0 radical (unpaired) electrons. The fourth-order valence-corrected chi connectivity index (χ4v) is 3.94. The third-order valence-electron chi connectivity index (χ3n) is 3.70. The Balaban J connectivity index is 1.75. The van der Waals surface area contributed by atoms with E-state index in [1.165, 1.54) is 21.4 Å². The zero-order valence-electron chi connectivity index (χ0n) is 13.8. The van der Waals surface area contributed by atoms with Crippen LogP contribution < -0.4 is 10.4 Å². The average molecular weight is 394 g/mol. The van der Waals surface area contributed by atoms with Crippen molar-refractivity contribution in [3.8, 4) is 11.4 Å². The SMILES string of the molecule is Cn1c(-c2cccnc2)nn(CCNS(=O)(=O)c2ccccc2Cl)c1=O. The van der Waals surface area contributed by atoms with Gasteiger partial charge in [-0.25, -0.2) is 22.6 Å². The number of hydrogen-bond donors (Lipinski definition) is 1. The van der Waals surface area contributed by atoms with Crippen LogP contribution >= 0.6 is 11.6 Å². The van der Waals surface area contributed by atoms with Crippen molar-refractivity contribution in [2.24, 2.45) is 7.05 Å². The molecular formula is C16H16ClN5O3S.